The Kier molecular flexibility index (Phi) is 6.88. The van der Waals surface area contributed by atoms with Crippen LogP contribution >= 0.6 is 0 Å². The van der Waals surface area contributed by atoms with E-state index in [-0.39, 0.29) is 12.5 Å². The highest BCUT2D eigenvalue weighted by atomic mass is 16.5. The molecule has 1 unspecified atom stereocenters. The smallest absolute Gasteiger partial charge is 0.237 e. The Balaban J connectivity index is 3.52. The maximum atomic E-state index is 11.1. The molecule has 0 aliphatic carbocycles. The van der Waals surface area contributed by atoms with Crippen LogP contribution in [0.3, 0.4) is 0 Å². The number of hydrogen-bond acceptors (Lipinski definition) is 4. The van der Waals surface area contributed by atoms with Gasteiger partial charge >= 0.3 is 0 Å². The molecule has 13 heavy (non-hydrogen) atoms. The number of hydrogen-bond donors (Lipinski definition) is 2. The number of ether oxygens (including phenoxy) is 1. The van der Waals surface area contributed by atoms with Crippen LogP contribution in [0.4, 0.5) is 0 Å². The molecule has 0 rings (SSSR count). The molecule has 0 aromatic carbocycles. The van der Waals surface area contributed by atoms with Gasteiger partial charge in [-0.15, -0.1) is 0 Å². The Hall–Kier alpha value is -1.12. The number of carbonyl (C=O) groups is 1. The second-order valence-electron chi connectivity index (χ2n) is 2.62. The molecule has 3 N–H and O–H groups in total. The number of amides is 1. The summed E-state index contributed by atoms with van der Waals surface area (Å²) in [5.41, 5.74) is 5.52. The molecule has 1 atom stereocenters. The van der Waals surface area contributed by atoms with Gasteiger partial charge in [0.1, 0.15) is 6.54 Å². The van der Waals surface area contributed by atoms with Crippen LogP contribution in [0.25, 0.3) is 0 Å². The standard InChI is InChI=1S/C8H15N3O2/c1-13-6-2-3-7(10)8(12)11-5-4-9/h7H,2-3,5-6,10H2,1H3,(H,11,12). The SMILES string of the molecule is COCCCC(N)C(=O)NCC#N. The van der Waals surface area contributed by atoms with E-state index in [0.717, 1.165) is 6.42 Å². The minimum Gasteiger partial charge on any atom is -0.385 e. The van der Waals surface area contributed by atoms with Crippen molar-refractivity contribution in [1.29, 1.82) is 5.26 Å². The van der Waals surface area contributed by atoms with Crippen LogP contribution in [0.2, 0.25) is 0 Å². The van der Waals surface area contributed by atoms with E-state index < -0.39 is 6.04 Å². The highest BCUT2D eigenvalue weighted by Gasteiger charge is 2.11. The predicted octanol–water partition coefficient (Wildman–Crippen LogP) is -0.620. The second kappa shape index (κ2) is 7.53. The molecule has 0 aliphatic heterocycles. The number of nitrogens with one attached hydrogen (secondary N) is 1. The molecule has 5 heteroatoms. The van der Waals surface area contributed by atoms with Crippen molar-refractivity contribution >= 4 is 5.91 Å². The van der Waals surface area contributed by atoms with Gasteiger partial charge in [0.25, 0.3) is 0 Å². The molecule has 0 heterocycles. The van der Waals surface area contributed by atoms with Crippen molar-refractivity contribution in [3.05, 3.63) is 0 Å². The third kappa shape index (κ3) is 6.08. The normalized spacial score (nSPS) is 11.8. The summed E-state index contributed by atoms with van der Waals surface area (Å²) in [6.07, 6.45) is 1.32. The Labute approximate surface area is 77.9 Å². The van der Waals surface area contributed by atoms with Crippen LogP contribution in [0.1, 0.15) is 12.8 Å². The van der Waals surface area contributed by atoms with Crippen molar-refractivity contribution in [2.75, 3.05) is 20.3 Å². The van der Waals surface area contributed by atoms with E-state index in [2.05, 4.69) is 5.32 Å². The van der Waals surface area contributed by atoms with E-state index in [1.807, 2.05) is 6.07 Å². The summed E-state index contributed by atoms with van der Waals surface area (Å²) in [6, 6.07) is 1.27. The first-order valence-corrected chi connectivity index (χ1v) is 4.11. The number of methoxy groups -OCH3 is 1. The number of nitriles is 1. The van der Waals surface area contributed by atoms with Crippen LogP contribution in [-0.2, 0) is 9.53 Å². The Morgan fingerprint density at radius 2 is 2.46 bits per heavy atom. The van der Waals surface area contributed by atoms with E-state index >= 15 is 0 Å². The predicted molar refractivity (Wildman–Crippen MR) is 47.7 cm³/mol. The summed E-state index contributed by atoms with van der Waals surface area (Å²) >= 11 is 0. The molecule has 0 saturated heterocycles. The van der Waals surface area contributed by atoms with Gasteiger partial charge in [0.15, 0.2) is 0 Å². The van der Waals surface area contributed by atoms with Crippen molar-refractivity contribution in [3.8, 4) is 6.07 Å². The van der Waals surface area contributed by atoms with E-state index in [4.69, 9.17) is 15.7 Å². The molecule has 0 radical (unpaired) electrons. The monoisotopic (exact) mass is 185 g/mol. The average molecular weight is 185 g/mol. The molecule has 0 aromatic heterocycles. The molecule has 0 bridgehead atoms. The van der Waals surface area contributed by atoms with Gasteiger partial charge in [-0.1, -0.05) is 0 Å². The van der Waals surface area contributed by atoms with Crippen LogP contribution in [0.5, 0.6) is 0 Å². The number of nitrogens with zero attached hydrogens (tertiary/aromatic N) is 1. The quantitative estimate of drug-likeness (QED) is 0.426. The van der Waals surface area contributed by atoms with Crippen LogP contribution in [0, 0.1) is 11.3 Å². The highest BCUT2D eigenvalue weighted by Crippen LogP contribution is 1.94. The molecule has 0 saturated carbocycles. The van der Waals surface area contributed by atoms with Crippen molar-refractivity contribution < 1.29 is 9.53 Å². The summed E-state index contributed by atoms with van der Waals surface area (Å²) in [5, 5.41) is 10.6. The largest absolute Gasteiger partial charge is 0.385 e. The first kappa shape index (κ1) is 11.9. The Bertz CT molecular complexity index is 188. The van der Waals surface area contributed by atoms with E-state index in [0.29, 0.717) is 13.0 Å². The van der Waals surface area contributed by atoms with Crippen LogP contribution in [-0.4, -0.2) is 32.2 Å². The fourth-order valence-corrected chi connectivity index (χ4v) is 0.836. The molecule has 0 spiro atoms. The average Bonchev–Trinajstić information content (AvgIpc) is 2.14. The molecule has 74 valence electrons. The van der Waals surface area contributed by atoms with E-state index in [1.54, 1.807) is 7.11 Å². The van der Waals surface area contributed by atoms with E-state index in [9.17, 15) is 4.79 Å². The van der Waals surface area contributed by atoms with Gasteiger partial charge in [0.05, 0.1) is 12.1 Å². The molecular weight excluding hydrogens is 170 g/mol. The van der Waals surface area contributed by atoms with Gasteiger partial charge in [-0.05, 0) is 12.8 Å². The van der Waals surface area contributed by atoms with Gasteiger partial charge in [-0.2, -0.15) is 5.26 Å². The van der Waals surface area contributed by atoms with Crippen molar-refractivity contribution in [1.82, 2.24) is 5.32 Å². The summed E-state index contributed by atoms with van der Waals surface area (Å²) in [6.45, 7) is 0.607. The maximum absolute atomic E-state index is 11.1. The zero-order chi connectivity index (χ0) is 10.1. The van der Waals surface area contributed by atoms with Gasteiger partial charge in [0.2, 0.25) is 5.91 Å². The first-order chi connectivity index (χ1) is 6.22. The summed E-state index contributed by atoms with van der Waals surface area (Å²) in [5.74, 6) is -0.280. The molecular formula is C8H15N3O2. The second-order valence-corrected chi connectivity index (χ2v) is 2.62. The third-order valence-corrected chi connectivity index (χ3v) is 1.54. The third-order valence-electron chi connectivity index (χ3n) is 1.54. The lowest BCUT2D eigenvalue weighted by atomic mass is 10.1. The lowest BCUT2D eigenvalue weighted by molar-refractivity contribution is -0.122. The Morgan fingerprint density at radius 1 is 1.77 bits per heavy atom. The molecule has 0 aliphatic rings. The van der Waals surface area contributed by atoms with Gasteiger partial charge < -0.3 is 15.8 Å². The summed E-state index contributed by atoms with van der Waals surface area (Å²) in [7, 11) is 1.60. The number of nitrogens with two attached hydrogens (primary N) is 1. The fraction of sp³-hybridized carbons (Fsp3) is 0.750. The van der Waals surface area contributed by atoms with Crippen molar-refractivity contribution in [2.45, 2.75) is 18.9 Å². The zero-order valence-electron chi connectivity index (χ0n) is 7.75. The van der Waals surface area contributed by atoms with Crippen LogP contribution < -0.4 is 11.1 Å². The first-order valence-electron chi connectivity index (χ1n) is 4.11. The fourth-order valence-electron chi connectivity index (χ4n) is 0.836. The minimum absolute atomic E-state index is 0.0107. The van der Waals surface area contributed by atoms with Crippen molar-refractivity contribution in [3.63, 3.8) is 0 Å². The topological polar surface area (TPSA) is 88.1 Å². The molecule has 5 nitrogen and oxygen atoms in total. The lowest BCUT2D eigenvalue weighted by Gasteiger charge is -2.09. The summed E-state index contributed by atoms with van der Waals surface area (Å²) < 4.78 is 4.81. The zero-order valence-corrected chi connectivity index (χ0v) is 7.75. The molecule has 1 amide bonds. The molecule has 0 fully saturated rings. The minimum atomic E-state index is -0.538. The van der Waals surface area contributed by atoms with Gasteiger partial charge in [-0.25, -0.2) is 0 Å². The van der Waals surface area contributed by atoms with E-state index in [1.165, 1.54) is 0 Å². The number of carbonyl (C=O) groups excluding carboxylic acids is 1. The maximum Gasteiger partial charge on any atom is 0.237 e. The summed E-state index contributed by atoms with van der Waals surface area (Å²) in [4.78, 5) is 11.1. The lowest BCUT2D eigenvalue weighted by Crippen LogP contribution is -2.40. The van der Waals surface area contributed by atoms with Crippen LogP contribution in [0.15, 0.2) is 0 Å². The molecule has 0 aromatic rings. The Morgan fingerprint density at radius 3 is 3.00 bits per heavy atom. The highest BCUT2D eigenvalue weighted by molar-refractivity contribution is 5.81. The van der Waals surface area contributed by atoms with Gasteiger partial charge in [0, 0.05) is 13.7 Å². The number of rotatable bonds is 6. The van der Waals surface area contributed by atoms with Crippen molar-refractivity contribution in [2.24, 2.45) is 5.73 Å². The van der Waals surface area contributed by atoms with Gasteiger partial charge in [-0.3, -0.25) is 4.79 Å².